The first-order valence-electron chi connectivity index (χ1n) is 9.07. The van der Waals surface area contributed by atoms with E-state index in [-0.39, 0.29) is 30.0 Å². The first-order chi connectivity index (χ1) is 12.1. The SMILES string of the molecule is Cl.O=C(C1CCCN(S(=O)(=O)Cc2ccccc2)C1)N1CCCNCC1. The van der Waals surface area contributed by atoms with Gasteiger partial charge >= 0.3 is 0 Å². The average Bonchev–Trinajstić information content (AvgIpc) is 2.91. The molecule has 0 spiro atoms. The maximum atomic E-state index is 12.8. The fraction of sp³-hybridized carbons (Fsp3) is 0.611. The average molecular weight is 402 g/mol. The molecule has 2 aliphatic heterocycles. The minimum absolute atomic E-state index is 0. The molecule has 6 nitrogen and oxygen atoms in total. The van der Waals surface area contributed by atoms with Crippen LogP contribution < -0.4 is 5.32 Å². The lowest BCUT2D eigenvalue weighted by Gasteiger charge is -2.34. The van der Waals surface area contributed by atoms with Crippen LogP contribution in [-0.2, 0) is 20.6 Å². The van der Waals surface area contributed by atoms with Gasteiger partial charge in [0.2, 0.25) is 15.9 Å². The second kappa shape index (κ2) is 9.69. The summed E-state index contributed by atoms with van der Waals surface area (Å²) in [4.78, 5) is 14.7. The van der Waals surface area contributed by atoms with Crippen LogP contribution in [0.25, 0.3) is 0 Å². The molecule has 0 radical (unpaired) electrons. The first-order valence-corrected chi connectivity index (χ1v) is 10.7. The van der Waals surface area contributed by atoms with Gasteiger partial charge in [-0.25, -0.2) is 12.7 Å². The van der Waals surface area contributed by atoms with E-state index in [1.54, 1.807) is 0 Å². The molecule has 1 atom stereocenters. The van der Waals surface area contributed by atoms with Gasteiger partial charge in [-0.2, -0.15) is 0 Å². The van der Waals surface area contributed by atoms with Crippen LogP contribution in [0.1, 0.15) is 24.8 Å². The summed E-state index contributed by atoms with van der Waals surface area (Å²) in [5, 5.41) is 3.30. The zero-order valence-corrected chi connectivity index (χ0v) is 16.6. The van der Waals surface area contributed by atoms with Crippen LogP contribution in [0.3, 0.4) is 0 Å². The van der Waals surface area contributed by atoms with E-state index in [1.807, 2.05) is 35.2 Å². The van der Waals surface area contributed by atoms with Crippen molar-refractivity contribution in [2.24, 2.45) is 5.92 Å². The van der Waals surface area contributed by atoms with Gasteiger partial charge in [-0.3, -0.25) is 4.79 Å². The highest BCUT2D eigenvalue weighted by Gasteiger charge is 2.34. The van der Waals surface area contributed by atoms with Crippen LogP contribution in [0.2, 0.25) is 0 Å². The lowest BCUT2D eigenvalue weighted by atomic mass is 9.98. The summed E-state index contributed by atoms with van der Waals surface area (Å²) in [7, 11) is -3.39. The normalized spacial score (nSPS) is 22.3. The highest BCUT2D eigenvalue weighted by molar-refractivity contribution is 7.88. The number of halogens is 1. The van der Waals surface area contributed by atoms with E-state index in [2.05, 4.69) is 5.32 Å². The second-order valence-corrected chi connectivity index (χ2v) is 8.84. The fourth-order valence-corrected chi connectivity index (χ4v) is 5.21. The maximum absolute atomic E-state index is 12.8. The number of hydrogen-bond donors (Lipinski definition) is 1. The number of rotatable bonds is 4. The number of piperidine rings is 1. The van der Waals surface area contributed by atoms with Crippen LogP contribution in [0.5, 0.6) is 0 Å². The molecule has 2 heterocycles. The van der Waals surface area contributed by atoms with E-state index >= 15 is 0 Å². The van der Waals surface area contributed by atoms with Gasteiger partial charge in [-0.15, -0.1) is 12.4 Å². The predicted octanol–water partition coefficient (Wildman–Crippen LogP) is 1.47. The van der Waals surface area contributed by atoms with Crippen LogP contribution in [0.4, 0.5) is 0 Å². The molecule has 8 heteroatoms. The van der Waals surface area contributed by atoms with Crippen molar-refractivity contribution >= 4 is 28.3 Å². The largest absolute Gasteiger partial charge is 0.341 e. The monoisotopic (exact) mass is 401 g/mol. The minimum atomic E-state index is -3.39. The predicted molar refractivity (Wildman–Crippen MR) is 105 cm³/mol. The third kappa shape index (κ3) is 5.42. The lowest BCUT2D eigenvalue weighted by molar-refractivity contribution is -0.136. The summed E-state index contributed by atoms with van der Waals surface area (Å²) in [6, 6.07) is 9.23. The van der Waals surface area contributed by atoms with Crippen molar-refractivity contribution in [3.63, 3.8) is 0 Å². The smallest absolute Gasteiger partial charge is 0.227 e. The number of carbonyl (C=O) groups excluding carboxylic acids is 1. The number of sulfonamides is 1. The Balaban J connectivity index is 0.00000243. The minimum Gasteiger partial charge on any atom is -0.341 e. The van der Waals surface area contributed by atoms with Crippen molar-refractivity contribution in [3.05, 3.63) is 35.9 Å². The van der Waals surface area contributed by atoms with Crippen molar-refractivity contribution in [3.8, 4) is 0 Å². The Morgan fingerprint density at radius 3 is 2.62 bits per heavy atom. The van der Waals surface area contributed by atoms with Gasteiger partial charge in [0.15, 0.2) is 0 Å². The molecule has 2 saturated heterocycles. The van der Waals surface area contributed by atoms with Crippen molar-refractivity contribution in [1.82, 2.24) is 14.5 Å². The van der Waals surface area contributed by atoms with Crippen molar-refractivity contribution in [1.29, 1.82) is 0 Å². The number of hydrogen-bond acceptors (Lipinski definition) is 4. The standard InChI is InChI=1S/C18H27N3O3S.ClH/c22-18(20-11-5-9-19-10-13-20)17-8-4-12-21(14-17)25(23,24)15-16-6-2-1-3-7-16;/h1-3,6-7,17,19H,4-5,8-15H2;1H. The van der Waals surface area contributed by atoms with E-state index in [0.717, 1.165) is 44.5 Å². The molecule has 2 aliphatic rings. The van der Waals surface area contributed by atoms with Crippen molar-refractivity contribution in [2.75, 3.05) is 39.3 Å². The Morgan fingerprint density at radius 2 is 1.85 bits per heavy atom. The van der Waals surface area contributed by atoms with Crippen LogP contribution in [0.15, 0.2) is 30.3 Å². The third-order valence-corrected chi connectivity index (χ3v) is 6.79. The summed E-state index contributed by atoms with van der Waals surface area (Å²) in [5.41, 5.74) is 0.787. The van der Waals surface area contributed by atoms with Gasteiger partial charge in [0.1, 0.15) is 0 Å². The molecule has 1 N–H and O–H groups in total. The van der Waals surface area contributed by atoms with Crippen molar-refractivity contribution < 1.29 is 13.2 Å². The molecule has 1 aromatic rings. The first kappa shape index (κ1) is 21.2. The van der Waals surface area contributed by atoms with E-state index in [1.165, 1.54) is 4.31 Å². The van der Waals surface area contributed by atoms with Crippen molar-refractivity contribution in [2.45, 2.75) is 25.0 Å². The molecule has 3 rings (SSSR count). The highest BCUT2D eigenvalue weighted by Crippen LogP contribution is 2.23. The second-order valence-electron chi connectivity index (χ2n) is 6.87. The number of nitrogens with one attached hydrogen (secondary N) is 1. The highest BCUT2D eigenvalue weighted by atomic mass is 35.5. The Hall–Kier alpha value is -1.15. The van der Waals surface area contributed by atoms with Gasteiger partial charge in [-0.05, 0) is 31.4 Å². The van der Waals surface area contributed by atoms with Crippen LogP contribution in [-0.4, -0.2) is 62.8 Å². The molecule has 0 aromatic heterocycles. The summed E-state index contributed by atoms with van der Waals surface area (Å²) in [6.07, 6.45) is 2.48. The van der Waals surface area contributed by atoms with E-state index in [0.29, 0.717) is 19.6 Å². The lowest BCUT2D eigenvalue weighted by Crippen LogP contribution is -2.47. The van der Waals surface area contributed by atoms with Crippen LogP contribution >= 0.6 is 12.4 Å². The van der Waals surface area contributed by atoms with Gasteiger partial charge < -0.3 is 10.2 Å². The van der Waals surface area contributed by atoms with E-state index in [4.69, 9.17) is 0 Å². The molecule has 1 amide bonds. The molecule has 0 saturated carbocycles. The van der Waals surface area contributed by atoms with Gasteiger partial charge in [0.25, 0.3) is 0 Å². The summed E-state index contributed by atoms with van der Waals surface area (Å²) < 4.78 is 27.0. The topological polar surface area (TPSA) is 69.7 Å². The molecular weight excluding hydrogens is 374 g/mol. The molecule has 0 bridgehead atoms. The quantitative estimate of drug-likeness (QED) is 0.829. The van der Waals surface area contributed by atoms with Gasteiger partial charge in [0, 0.05) is 32.7 Å². The maximum Gasteiger partial charge on any atom is 0.227 e. The summed E-state index contributed by atoms with van der Waals surface area (Å²) in [6.45, 7) is 4.06. The number of carbonyl (C=O) groups is 1. The third-order valence-electron chi connectivity index (χ3n) is 4.97. The fourth-order valence-electron chi connectivity index (χ4n) is 3.60. The van der Waals surface area contributed by atoms with Gasteiger partial charge in [-0.1, -0.05) is 30.3 Å². The van der Waals surface area contributed by atoms with Gasteiger partial charge in [0.05, 0.1) is 11.7 Å². The zero-order valence-electron chi connectivity index (χ0n) is 15.0. The molecule has 146 valence electrons. The summed E-state index contributed by atoms with van der Waals surface area (Å²) >= 11 is 0. The number of amides is 1. The molecule has 0 aliphatic carbocycles. The molecule has 2 fully saturated rings. The Morgan fingerprint density at radius 1 is 1.08 bits per heavy atom. The van der Waals surface area contributed by atoms with E-state index < -0.39 is 10.0 Å². The Bertz CT molecular complexity index is 676. The molecule has 1 aromatic carbocycles. The zero-order chi connectivity index (χ0) is 17.7. The van der Waals surface area contributed by atoms with E-state index in [9.17, 15) is 13.2 Å². The Kier molecular flexibility index (Phi) is 7.88. The molecule has 26 heavy (non-hydrogen) atoms. The Labute approximate surface area is 162 Å². The molecule has 1 unspecified atom stereocenters. The number of benzene rings is 1. The van der Waals surface area contributed by atoms with Crippen LogP contribution in [0, 0.1) is 5.92 Å². The summed E-state index contributed by atoms with van der Waals surface area (Å²) in [5.74, 6) is -0.0942. The molecular formula is C18H28ClN3O3S. The number of nitrogens with zero attached hydrogens (tertiary/aromatic N) is 2.